The van der Waals surface area contributed by atoms with Crippen LogP contribution in [0.4, 0.5) is 0 Å². The van der Waals surface area contributed by atoms with Crippen LogP contribution in [-0.2, 0) is 24.1 Å². The highest BCUT2D eigenvalue weighted by Gasteiger charge is 2.34. The van der Waals surface area contributed by atoms with Gasteiger partial charge in [0.15, 0.2) is 0 Å². The Hall–Kier alpha value is -0.870. The summed E-state index contributed by atoms with van der Waals surface area (Å²) < 4.78 is 8.20. The van der Waals surface area contributed by atoms with Crippen molar-refractivity contribution in [2.45, 2.75) is 58.2 Å². The minimum atomic E-state index is 0.476. The summed E-state index contributed by atoms with van der Waals surface area (Å²) in [6, 6.07) is 0.630. The van der Waals surface area contributed by atoms with Gasteiger partial charge < -0.3 is 14.6 Å². The zero-order valence-electron chi connectivity index (χ0n) is 11.4. The molecule has 0 unspecified atom stereocenters. The average molecular weight is 249 g/mol. The summed E-state index contributed by atoms with van der Waals surface area (Å²) in [5.41, 5.74) is 2.75. The van der Waals surface area contributed by atoms with Crippen LogP contribution in [0, 0.1) is 0 Å². The molecule has 4 nitrogen and oxygen atoms in total. The van der Waals surface area contributed by atoms with E-state index in [2.05, 4.69) is 23.7 Å². The van der Waals surface area contributed by atoms with Gasteiger partial charge in [-0.1, -0.05) is 6.92 Å². The van der Waals surface area contributed by atoms with Gasteiger partial charge in [-0.3, -0.25) is 0 Å². The summed E-state index contributed by atoms with van der Waals surface area (Å²) in [7, 11) is 0. The summed E-state index contributed by atoms with van der Waals surface area (Å²) in [5.74, 6) is 1.27. The molecule has 0 bridgehead atoms. The third-order valence-corrected chi connectivity index (χ3v) is 4.15. The molecule has 3 rings (SSSR count). The molecule has 0 saturated heterocycles. The average Bonchev–Trinajstić information content (AvgIpc) is 2.71. The summed E-state index contributed by atoms with van der Waals surface area (Å²) in [6.07, 6.45) is 4.96. The number of hydrogen-bond donors (Lipinski definition) is 1. The van der Waals surface area contributed by atoms with Gasteiger partial charge in [0.1, 0.15) is 5.82 Å². The Morgan fingerprint density at radius 2 is 2.22 bits per heavy atom. The standard InChI is InChI=1S/C14H23N3O/c1-3-14-16-12-9-15-6-5-13(12)17(14)10-7-11(8-10)18-4-2/h10-11,15H,3-9H2,1-2H3. The fourth-order valence-corrected chi connectivity index (χ4v) is 3.19. The van der Waals surface area contributed by atoms with Gasteiger partial charge in [0.05, 0.1) is 11.8 Å². The predicted octanol–water partition coefficient (Wildman–Crippen LogP) is 1.83. The number of fused-ring (bicyclic) bond motifs is 1. The van der Waals surface area contributed by atoms with Crippen LogP contribution < -0.4 is 5.32 Å². The Labute approximate surface area is 109 Å². The van der Waals surface area contributed by atoms with Gasteiger partial charge in [-0.2, -0.15) is 0 Å². The molecule has 1 aliphatic carbocycles. The smallest absolute Gasteiger partial charge is 0.109 e. The van der Waals surface area contributed by atoms with E-state index in [9.17, 15) is 0 Å². The molecule has 0 aromatic carbocycles. The third-order valence-electron chi connectivity index (χ3n) is 4.15. The maximum absolute atomic E-state index is 5.68. The molecule has 4 heteroatoms. The molecular formula is C14H23N3O. The van der Waals surface area contributed by atoms with Crippen LogP contribution in [0.25, 0.3) is 0 Å². The van der Waals surface area contributed by atoms with Crippen molar-refractivity contribution < 1.29 is 4.74 Å². The normalized spacial score (nSPS) is 26.8. The van der Waals surface area contributed by atoms with Crippen molar-refractivity contribution >= 4 is 0 Å². The Morgan fingerprint density at radius 3 is 2.94 bits per heavy atom. The highest BCUT2D eigenvalue weighted by atomic mass is 16.5. The first-order valence-electron chi connectivity index (χ1n) is 7.24. The van der Waals surface area contributed by atoms with Crippen LogP contribution >= 0.6 is 0 Å². The largest absolute Gasteiger partial charge is 0.378 e. The van der Waals surface area contributed by atoms with Crippen LogP contribution in [0.1, 0.15) is 49.9 Å². The van der Waals surface area contributed by atoms with E-state index in [1.807, 2.05) is 0 Å². The first kappa shape index (κ1) is 12.2. The van der Waals surface area contributed by atoms with E-state index in [-0.39, 0.29) is 0 Å². The number of aryl methyl sites for hydroxylation is 1. The van der Waals surface area contributed by atoms with Gasteiger partial charge in [0, 0.05) is 44.3 Å². The number of nitrogens with zero attached hydrogens (tertiary/aromatic N) is 2. The minimum Gasteiger partial charge on any atom is -0.378 e. The van der Waals surface area contributed by atoms with Gasteiger partial charge in [0.2, 0.25) is 0 Å². The molecule has 1 aromatic heterocycles. The molecule has 0 radical (unpaired) electrons. The van der Waals surface area contributed by atoms with Crippen molar-refractivity contribution in [2.75, 3.05) is 13.2 Å². The van der Waals surface area contributed by atoms with Crippen molar-refractivity contribution in [1.29, 1.82) is 0 Å². The molecule has 2 aliphatic rings. The number of imidazole rings is 1. The highest BCUT2D eigenvalue weighted by Crippen LogP contribution is 2.37. The predicted molar refractivity (Wildman–Crippen MR) is 70.7 cm³/mol. The van der Waals surface area contributed by atoms with Crippen molar-refractivity contribution in [3.05, 3.63) is 17.2 Å². The Bertz CT molecular complexity index is 421. The molecule has 2 heterocycles. The summed E-state index contributed by atoms with van der Waals surface area (Å²) in [4.78, 5) is 4.80. The van der Waals surface area contributed by atoms with E-state index >= 15 is 0 Å². The lowest BCUT2D eigenvalue weighted by atomic mass is 9.88. The van der Waals surface area contributed by atoms with E-state index < -0.39 is 0 Å². The molecule has 1 fully saturated rings. The fraction of sp³-hybridized carbons (Fsp3) is 0.786. The molecule has 1 aromatic rings. The third kappa shape index (κ3) is 1.97. The van der Waals surface area contributed by atoms with Crippen LogP contribution in [0.5, 0.6) is 0 Å². The first-order chi connectivity index (χ1) is 8.83. The van der Waals surface area contributed by atoms with Gasteiger partial charge in [0.25, 0.3) is 0 Å². The first-order valence-corrected chi connectivity index (χ1v) is 7.24. The summed E-state index contributed by atoms with van der Waals surface area (Å²) >= 11 is 0. The second-order valence-corrected chi connectivity index (χ2v) is 5.27. The SMILES string of the molecule is CCOC1CC(n2c(CC)nc3c2CCNC3)C1. The molecule has 1 aliphatic heterocycles. The summed E-state index contributed by atoms with van der Waals surface area (Å²) in [5, 5.41) is 3.41. The van der Waals surface area contributed by atoms with E-state index in [1.165, 1.54) is 17.2 Å². The summed E-state index contributed by atoms with van der Waals surface area (Å²) in [6.45, 7) is 7.15. The lowest BCUT2D eigenvalue weighted by Crippen LogP contribution is -2.36. The Kier molecular flexibility index (Phi) is 3.39. The quantitative estimate of drug-likeness (QED) is 0.885. The van der Waals surface area contributed by atoms with Gasteiger partial charge in [-0.15, -0.1) is 0 Å². The van der Waals surface area contributed by atoms with Gasteiger partial charge >= 0.3 is 0 Å². The van der Waals surface area contributed by atoms with Crippen molar-refractivity contribution in [3.63, 3.8) is 0 Å². The maximum Gasteiger partial charge on any atom is 0.109 e. The lowest BCUT2D eigenvalue weighted by molar-refractivity contribution is -0.0209. The van der Waals surface area contributed by atoms with Crippen molar-refractivity contribution in [3.8, 4) is 0 Å². The molecule has 0 amide bonds. The van der Waals surface area contributed by atoms with Crippen LogP contribution in [0.3, 0.4) is 0 Å². The van der Waals surface area contributed by atoms with E-state index in [4.69, 9.17) is 9.72 Å². The molecule has 0 spiro atoms. The fourth-order valence-electron chi connectivity index (χ4n) is 3.19. The van der Waals surface area contributed by atoms with E-state index in [0.29, 0.717) is 12.1 Å². The molecular weight excluding hydrogens is 226 g/mol. The lowest BCUT2D eigenvalue weighted by Gasteiger charge is -2.38. The van der Waals surface area contributed by atoms with Crippen molar-refractivity contribution in [1.82, 2.24) is 14.9 Å². The minimum absolute atomic E-state index is 0.476. The molecule has 1 N–H and O–H groups in total. The topological polar surface area (TPSA) is 39.1 Å². The van der Waals surface area contributed by atoms with Gasteiger partial charge in [-0.05, 0) is 19.8 Å². The zero-order chi connectivity index (χ0) is 12.5. The second-order valence-electron chi connectivity index (χ2n) is 5.27. The van der Waals surface area contributed by atoms with Gasteiger partial charge in [-0.25, -0.2) is 4.98 Å². The maximum atomic E-state index is 5.68. The number of ether oxygens (including phenoxy) is 1. The Balaban J connectivity index is 1.81. The highest BCUT2D eigenvalue weighted by molar-refractivity contribution is 5.22. The van der Waals surface area contributed by atoms with E-state index in [1.54, 1.807) is 0 Å². The van der Waals surface area contributed by atoms with Crippen LogP contribution in [0.15, 0.2) is 0 Å². The molecule has 100 valence electrons. The molecule has 0 atom stereocenters. The monoisotopic (exact) mass is 249 g/mol. The number of nitrogens with one attached hydrogen (secondary N) is 1. The van der Waals surface area contributed by atoms with Crippen molar-refractivity contribution in [2.24, 2.45) is 0 Å². The molecule has 1 saturated carbocycles. The number of hydrogen-bond acceptors (Lipinski definition) is 3. The van der Waals surface area contributed by atoms with Crippen LogP contribution in [-0.4, -0.2) is 28.8 Å². The van der Waals surface area contributed by atoms with E-state index in [0.717, 1.165) is 45.4 Å². The zero-order valence-corrected chi connectivity index (χ0v) is 11.4. The number of rotatable bonds is 4. The number of aromatic nitrogens is 2. The van der Waals surface area contributed by atoms with Crippen LogP contribution in [0.2, 0.25) is 0 Å². The Morgan fingerprint density at radius 1 is 1.39 bits per heavy atom. The molecule has 18 heavy (non-hydrogen) atoms. The second kappa shape index (κ2) is 5.02.